The molecule has 2 aliphatic heterocycles. The van der Waals surface area contributed by atoms with E-state index in [1.54, 1.807) is 7.05 Å². The fourth-order valence-corrected chi connectivity index (χ4v) is 5.53. The smallest absolute Gasteiger partial charge is 0.325 e. The molecule has 1 amide bonds. The van der Waals surface area contributed by atoms with Crippen LogP contribution in [0.15, 0.2) is 36.5 Å². The number of pyridine rings is 1. The number of hydrogen-bond acceptors (Lipinski definition) is 3. The van der Waals surface area contributed by atoms with E-state index in [1.807, 2.05) is 0 Å². The van der Waals surface area contributed by atoms with Gasteiger partial charge in [0.05, 0.1) is 17.4 Å². The third kappa shape index (κ3) is 3.16. The van der Waals surface area contributed by atoms with Gasteiger partial charge in [-0.25, -0.2) is 18.2 Å². The van der Waals surface area contributed by atoms with Crippen LogP contribution in [0.2, 0.25) is 0 Å². The number of aromatic nitrogens is 4. The number of rotatable bonds is 2. The number of benzene rings is 1. The van der Waals surface area contributed by atoms with Crippen molar-refractivity contribution >= 4 is 11.6 Å². The fraction of sp³-hybridized carbons (Fsp3) is 0.292. The first kappa shape index (κ1) is 22.6. The van der Waals surface area contributed by atoms with Gasteiger partial charge in [-0.05, 0) is 43.5 Å². The first-order valence-corrected chi connectivity index (χ1v) is 11.1. The van der Waals surface area contributed by atoms with Gasteiger partial charge in [0.1, 0.15) is 11.3 Å². The number of carbonyl (C=O) groups excluding carboxylic acids is 1. The Labute approximate surface area is 199 Å². The summed E-state index contributed by atoms with van der Waals surface area (Å²) in [4.78, 5) is 18.8. The van der Waals surface area contributed by atoms with Gasteiger partial charge in [-0.2, -0.15) is 18.3 Å². The van der Waals surface area contributed by atoms with Gasteiger partial charge >= 0.3 is 6.18 Å². The molecule has 5 heterocycles. The molecule has 0 spiro atoms. The lowest BCUT2D eigenvalue weighted by molar-refractivity contribution is -0.141. The second-order valence-electron chi connectivity index (χ2n) is 8.99. The highest BCUT2D eigenvalue weighted by Gasteiger charge is 2.49. The van der Waals surface area contributed by atoms with Crippen molar-refractivity contribution in [3.05, 3.63) is 76.6 Å². The highest BCUT2D eigenvalue weighted by molar-refractivity contribution is 5.96. The van der Waals surface area contributed by atoms with Crippen LogP contribution in [-0.2, 0) is 19.6 Å². The average Bonchev–Trinajstić information content (AvgIpc) is 3.47. The van der Waals surface area contributed by atoms with Crippen molar-refractivity contribution in [3.63, 3.8) is 0 Å². The molecule has 2 atom stereocenters. The fourth-order valence-electron chi connectivity index (χ4n) is 5.53. The zero-order valence-corrected chi connectivity index (χ0v) is 18.7. The summed E-state index contributed by atoms with van der Waals surface area (Å²) in [5, 5.41) is 4.48. The molecule has 6 rings (SSSR count). The summed E-state index contributed by atoms with van der Waals surface area (Å²) < 4.78 is 85.5. The number of imidazole rings is 1. The highest BCUT2D eigenvalue weighted by Crippen LogP contribution is 2.47. The van der Waals surface area contributed by atoms with E-state index in [-0.39, 0.29) is 17.6 Å². The second kappa shape index (κ2) is 7.58. The third-order valence-electron chi connectivity index (χ3n) is 6.93. The standard InChI is InChI=1S/C24H17F6N5O/c1-33-20(11-8-14(25)18(27)15(26)9-11)13-10-12-5-6-16(19(13)32-33)35(12)23(36)21-22(24(28,29)30)31-17-4-2-3-7-34(17)21/h2-4,7-9,12,16H,5-6,10H2,1H3/t12-,16+/m1/s1. The van der Waals surface area contributed by atoms with Crippen LogP contribution in [0, 0.1) is 17.5 Å². The van der Waals surface area contributed by atoms with Crippen LogP contribution in [0.25, 0.3) is 16.9 Å². The quantitative estimate of drug-likeness (QED) is 0.282. The molecule has 1 saturated heterocycles. The Hall–Kier alpha value is -3.83. The van der Waals surface area contributed by atoms with Gasteiger partial charge in [-0.3, -0.25) is 13.9 Å². The number of alkyl halides is 3. The monoisotopic (exact) mass is 505 g/mol. The molecule has 0 saturated carbocycles. The number of carbonyl (C=O) groups is 1. The maximum absolute atomic E-state index is 14.0. The van der Waals surface area contributed by atoms with Crippen molar-refractivity contribution < 1.29 is 31.1 Å². The van der Waals surface area contributed by atoms with E-state index in [0.29, 0.717) is 29.8 Å². The van der Waals surface area contributed by atoms with Crippen molar-refractivity contribution in [2.75, 3.05) is 0 Å². The molecule has 186 valence electrons. The van der Waals surface area contributed by atoms with Crippen LogP contribution in [0.4, 0.5) is 26.3 Å². The van der Waals surface area contributed by atoms with Crippen LogP contribution in [0.3, 0.4) is 0 Å². The van der Waals surface area contributed by atoms with Gasteiger partial charge in [0.2, 0.25) is 0 Å². The van der Waals surface area contributed by atoms with Gasteiger partial charge in [-0.15, -0.1) is 0 Å². The molecule has 0 unspecified atom stereocenters. The first-order chi connectivity index (χ1) is 17.1. The summed E-state index contributed by atoms with van der Waals surface area (Å²) in [5.74, 6) is -5.09. The maximum atomic E-state index is 14.0. The summed E-state index contributed by atoms with van der Waals surface area (Å²) in [5.41, 5.74) is -0.296. The molecule has 1 fully saturated rings. The van der Waals surface area contributed by atoms with E-state index in [4.69, 9.17) is 0 Å². The minimum Gasteiger partial charge on any atom is -0.325 e. The van der Waals surface area contributed by atoms with Crippen LogP contribution in [0.5, 0.6) is 0 Å². The minimum atomic E-state index is -4.84. The molecule has 0 aliphatic carbocycles. The Morgan fingerprint density at radius 1 is 1.08 bits per heavy atom. The molecule has 2 bridgehead atoms. The number of aryl methyl sites for hydroxylation is 1. The molecule has 0 radical (unpaired) electrons. The number of halogens is 6. The van der Waals surface area contributed by atoms with E-state index in [9.17, 15) is 31.1 Å². The van der Waals surface area contributed by atoms with E-state index in [2.05, 4.69) is 10.1 Å². The lowest BCUT2D eigenvalue weighted by Gasteiger charge is -2.34. The van der Waals surface area contributed by atoms with Gasteiger partial charge < -0.3 is 4.90 Å². The van der Waals surface area contributed by atoms with Crippen LogP contribution >= 0.6 is 0 Å². The molecule has 2 aliphatic rings. The van der Waals surface area contributed by atoms with Crippen molar-refractivity contribution in [1.82, 2.24) is 24.1 Å². The van der Waals surface area contributed by atoms with E-state index < -0.39 is 53.0 Å². The summed E-state index contributed by atoms with van der Waals surface area (Å²) in [6, 6.07) is 5.11. The Balaban J connectivity index is 1.46. The average molecular weight is 505 g/mol. The number of nitrogens with zero attached hydrogens (tertiary/aromatic N) is 5. The van der Waals surface area contributed by atoms with E-state index >= 15 is 0 Å². The normalized spacial score (nSPS) is 19.2. The molecular weight excluding hydrogens is 488 g/mol. The van der Waals surface area contributed by atoms with Crippen LogP contribution in [-0.4, -0.2) is 36.0 Å². The molecule has 36 heavy (non-hydrogen) atoms. The second-order valence-corrected chi connectivity index (χ2v) is 8.99. The predicted octanol–water partition coefficient (Wildman–Crippen LogP) is 5.07. The predicted molar refractivity (Wildman–Crippen MR) is 114 cm³/mol. The zero-order valence-electron chi connectivity index (χ0n) is 18.7. The van der Waals surface area contributed by atoms with Crippen molar-refractivity contribution in [2.24, 2.45) is 7.05 Å². The van der Waals surface area contributed by atoms with Gasteiger partial charge in [0, 0.05) is 30.4 Å². The summed E-state index contributed by atoms with van der Waals surface area (Å²) in [6.07, 6.45) is -2.28. The first-order valence-electron chi connectivity index (χ1n) is 11.1. The van der Waals surface area contributed by atoms with Crippen molar-refractivity contribution in [2.45, 2.75) is 37.5 Å². The SMILES string of the molecule is Cn1nc2c(c1-c1cc(F)c(F)c(F)c1)C[C@H]1CC[C@@H]2N1C(=O)c1c(C(F)(F)F)nc2ccccn12. The number of amides is 1. The number of hydrogen-bond donors (Lipinski definition) is 0. The van der Waals surface area contributed by atoms with Crippen molar-refractivity contribution in [3.8, 4) is 11.3 Å². The lowest BCUT2D eigenvalue weighted by Crippen LogP contribution is -2.43. The Morgan fingerprint density at radius 2 is 1.81 bits per heavy atom. The third-order valence-corrected chi connectivity index (χ3v) is 6.93. The topological polar surface area (TPSA) is 55.4 Å². The highest BCUT2D eigenvalue weighted by atomic mass is 19.4. The lowest BCUT2D eigenvalue weighted by atomic mass is 9.94. The molecule has 1 aromatic carbocycles. The molecule has 0 N–H and O–H groups in total. The summed E-state index contributed by atoms with van der Waals surface area (Å²) >= 11 is 0. The number of fused-ring (bicyclic) bond motifs is 5. The van der Waals surface area contributed by atoms with Gasteiger partial charge in [0.25, 0.3) is 5.91 Å². The minimum absolute atomic E-state index is 0.00120. The maximum Gasteiger partial charge on any atom is 0.435 e. The van der Waals surface area contributed by atoms with Gasteiger partial charge in [-0.1, -0.05) is 6.07 Å². The van der Waals surface area contributed by atoms with Crippen molar-refractivity contribution in [1.29, 1.82) is 0 Å². The van der Waals surface area contributed by atoms with E-state index in [1.165, 1.54) is 34.0 Å². The van der Waals surface area contributed by atoms with E-state index in [0.717, 1.165) is 16.5 Å². The van der Waals surface area contributed by atoms with Crippen LogP contribution < -0.4 is 0 Å². The Kier molecular flexibility index (Phi) is 4.76. The summed E-state index contributed by atoms with van der Waals surface area (Å²) in [6.45, 7) is 0. The molecular formula is C24H17F6N5O. The molecule has 3 aromatic heterocycles. The van der Waals surface area contributed by atoms with Gasteiger partial charge in [0.15, 0.2) is 23.1 Å². The molecule has 6 nitrogen and oxygen atoms in total. The Morgan fingerprint density at radius 3 is 2.50 bits per heavy atom. The largest absolute Gasteiger partial charge is 0.435 e. The zero-order chi connectivity index (χ0) is 25.5. The van der Waals surface area contributed by atoms with Crippen LogP contribution in [0.1, 0.15) is 46.3 Å². The molecule has 12 heteroatoms. The molecule has 4 aromatic rings. The summed E-state index contributed by atoms with van der Waals surface area (Å²) in [7, 11) is 1.55. The Bertz CT molecular complexity index is 1530.